The van der Waals surface area contributed by atoms with Crippen molar-refractivity contribution in [2.24, 2.45) is 11.5 Å². The number of aliphatic carboxylic acids is 2. The number of nitrogens with two attached hydrogens (primary N) is 2. The van der Waals surface area contributed by atoms with Crippen molar-refractivity contribution in [2.75, 3.05) is 6.54 Å². The van der Waals surface area contributed by atoms with E-state index in [-0.39, 0.29) is 13.0 Å². The summed E-state index contributed by atoms with van der Waals surface area (Å²) in [4.78, 5) is 71.2. The zero-order valence-electron chi connectivity index (χ0n) is 15.8. The molecule has 0 saturated carbocycles. The second-order valence-corrected chi connectivity index (χ2v) is 6.69. The largest absolute Gasteiger partial charge is 0.481 e. The third kappa shape index (κ3) is 7.03. The second-order valence-electron chi connectivity index (χ2n) is 6.69. The maximum Gasteiger partial charge on any atom is 0.325 e. The summed E-state index contributed by atoms with van der Waals surface area (Å²) in [5.41, 5.74) is 10.5. The van der Waals surface area contributed by atoms with Crippen LogP contribution in [0.15, 0.2) is 0 Å². The number of carboxylic acid groups (broad SMARTS) is 2. The molecule has 162 valence electrons. The number of carbonyl (C=O) groups is 6. The molecule has 1 saturated heterocycles. The van der Waals surface area contributed by atoms with Crippen LogP contribution in [0, 0.1) is 0 Å². The van der Waals surface area contributed by atoms with Gasteiger partial charge in [-0.25, -0.2) is 0 Å². The Morgan fingerprint density at radius 1 is 1.10 bits per heavy atom. The van der Waals surface area contributed by atoms with E-state index in [2.05, 4.69) is 10.6 Å². The van der Waals surface area contributed by atoms with Crippen molar-refractivity contribution >= 4 is 35.6 Å². The third-order valence-electron chi connectivity index (χ3n) is 4.32. The number of amides is 4. The van der Waals surface area contributed by atoms with E-state index in [4.69, 9.17) is 21.7 Å². The van der Waals surface area contributed by atoms with E-state index in [0.29, 0.717) is 6.42 Å². The molecule has 1 aliphatic rings. The van der Waals surface area contributed by atoms with Crippen molar-refractivity contribution in [3.05, 3.63) is 0 Å². The van der Waals surface area contributed by atoms with Crippen molar-refractivity contribution < 1.29 is 39.0 Å². The van der Waals surface area contributed by atoms with Gasteiger partial charge in [0.15, 0.2) is 0 Å². The minimum Gasteiger partial charge on any atom is -0.481 e. The minimum atomic E-state index is -1.52. The van der Waals surface area contributed by atoms with Crippen LogP contribution in [0.25, 0.3) is 0 Å². The Kier molecular flexibility index (Phi) is 8.51. The van der Waals surface area contributed by atoms with E-state index in [1.165, 1.54) is 6.92 Å². The van der Waals surface area contributed by atoms with E-state index in [0.717, 1.165) is 4.90 Å². The number of rotatable bonds is 10. The SMILES string of the molecule is CC(NC(=O)C1CCCN1C(=O)C(CC(=O)O)NC(=O)C(N)CC(N)=O)C(=O)O. The monoisotopic (exact) mass is 415 g/mol. The lowest BCUT2D eigenvalue weighted by molar-refractivity contribution is -0.147. The Morgan fingerprint density at radius 3 is 2.24 bits per heavy atom. The molecule has 13 nitrogen and oxygen atoms in total. The van der Waals surface area contributed by atoms with E-state index in [9.17, 15) is 28.8 Å². The van der Waals surface area contributed by atoms with Crippen LogP contribution in [0.3, 0.4) is 0 Å². The van der Waals surface area contributed by atoms with Gasteiger partial charge < -0.3 is 37.2 Å². The van der Waals surface area contributed by atoms with Crippen molar-refractivity contribution in [2.45, 2.75) is 56.8 Å². The maximum atomic E-state index is 12.8. The molecule has 13 heteroatoms. The topological polar surface area (TPSA) is 222 Å². The fourth-order valence-electron chi connectivity index (χ4n) is 2.84. The molecule has 0 aromatic rings. The lowest BCUT2D eigenvalue weighted by Gasteiger charge is -2.29. The molecular formula is C16H25N5O8. The molecule has 4 amide bonds. The molecule has 1 heterocycles. The second kappa shape index (κ2) is 10.4. The summed E-state index contributed by atoms with van der Waals surface area (Å²) in [6.07, 6.45) is -0.592. The summed E-state index contributed by atoms with van der Waals surface area (Å²) in [6.45, 7) is 1.38. The number of likely N-dealkylation sites (tertiary alicyclic amines) is 1. The normalized spacial score (nSPS) is 19.0. The van der Waals surface area contributed by atoms with E-state index in [1.807, 2.05) is 0 Å². The number of nitrogens with one attached hydrogen (secondary N) is 2. The van der Waals surface area contributed by atoms with Crippen LogP contribution in [-0.2, 0) is 28.8 Å². The van der Waals surface area contributed by atoms with Gasteiger partial charge in [-0.3, -0.25) is 28.8 Å². The van der Waals surface area contributed by atoms with Gasteiger partial charge >= 0.3 is 11.9 Å². The van der Waals surface area contributed by atoms with Crippen LogP contribution in [0.1, 0.15) is 32.6 Å². The van der Waals surface area contributed by atoms with Crippen LogP contribution in [0.4, 0.5) is 0 Å². The van der Waals surface area contributed by atoms with Crippen LogP contribution in [0.2, 0.25) is 0 Å². The fourth-order valence-corrected chi connectivity index (χ4v) is 2.84. The molecule has 0 aromatic heterocycles. The van der Waals surface area contributed by atoms with Gasteiger partial charge in [-0.05, 0) is 19.8 Å². The Hall–Kier alpha value is -3.22. The number of hydrogen-bond acceptors (Lipinski definition) is 7. The summed E-state index contributed by atoms with van der Waals surface area (Å²) in [7, 11) is 0. The molecule has 1 rings (SSSR count). The van der Waals surface area contributed by atoms with Gasteiger partial charge in [-0.2, -0.15) is 0 Å². The molecule has 4 atom stereocenters. The first-order valence-corrected chi connectivity index (χ1v) is 8.83. The molecule has 1 fully saturated rings. The van der Waals surface area contributed by atoms with Gasteiger partial charge in [0.05, 0.1) is 18.9 Å². The van der Waals surface area contributed by atoms with Crippen molar-refractivity contribution in [1.82, 2.24) is 15.5 Å². The van der Waals surface area contributed by atoms with Crippen LogP contribution >= 0.6 is 0 Å². The van der Waals surface area contributed by atoms with Crippen LogP contribution in [0.5, 0.6) is 0 Å². The highest BCUT2D eigenvalue weighted by atomic mass is 16.4. The molecule has 8 N–H and O–H groups in total. The summed E-state index contributed by atoms with van der Waals surface area (Å²) >= 11 is 0. The highest BCUT2D eigenvalue weighted by Gasteiger charge is 2.39. The molecule has 0 radical (unpaired) electrons. The number of carbonyl (C=O) groups excluding carboxylic acids is 4. The molecule has 0 aromatic carbocycles. The Bertz CT molecular complexity index is 697. The number of hydrogen-bond donors (Lipinski definition) is 6. The lowest BCUT2D eigenvalue weighted by atomic mass is 10.1. The number of nitrogens with zero attached hydrogens (tertiary/aromatic N) is 1. The average molecular weight is 415 g/mol. The predicted molar refractivity (Wildman–Crippen MR) is 95.9 cm³/mol. The van der Waals surface area contributed by atoms with Gasteiger partial charge in [-0.15, -0.1) is 0 Å². The maximum absolute atomic E-state index is 12.8. The third-order valence-corrected chi connectivity index (χ3v) is 4.32. The predicted octanol–water partition coefficient (Wildman–Crippen LogP) is -3.27. The van der Waals surface area contributed by atoms with Gasteiger partial charge in [0.1, 0.15) is 18.1 Å². The zero-order valence-corrected chi connectivity index (χ0v) is 15.8. The standard InChI is InChI=1S/C16H25N5O8/c1-7(16(28)29)19-14(26)10-3-2-4-21(10)15(27)9(6-12(23)24)20-13(25)8(17)5-11(18)22/h7-10H,2-6,17H2,1H3,(H2,18,22)(H,19,26)(H,20,25)(H,23,24)(H,28,29). The minimum absolute atomic E-state index is 0.123. The summed E-state index contributed by atoms with van der Waals surface area (Å²) in [5.74, 6) is -5.95. The molecule has 29 heavy (non-hydrogen) atoms. The van der Waals surface area contributed by atoms with Gasteiger partial charge in [0, 0.05) is 6.54 Å². The summed E-state index contributed by atoms with van der Waals surface area (Å²) in [5, 5.41) is 22.4. The van der Waals surface area contributed by atoms with Crippen molar-refractivity contribution in [1.29, 1.82) is 0 Å². The highest BCUT2D eigenvalue weighted by Crippen LogP contribution is 2.19. The van der Waals surface area contributed by atoms with Crippen LogP contribution in [-0.4, -0.2) is 81.4 Å². The zero-order chi connectivity index (χ0) is 22.3. The Labute approximate surface area is 165 Å². The summed E-state index contributed by atoms with van der Waals surface area (Å²) < 4.78 is 0. The van der Waals surface area contributed by atoms with Crippen molar-refractivity contribution in [3.8, 4) is 0 Å². The van der Waals surface area contributed by atoms with Gasteiger partial charge in [0.25, 0.3) is 0 Å². The molecule has 0 bridgehead atoms. The average Bonchev–Trinajstić information content (AvgIpc) is 3.08. The molecule has 4 unspecified atom stereocenters. The molecule has 0 aliphatic carbocycles. The van der Waals surface area contributed by atoms with Gasteiger partial charge in [0.2, 0.25) is 23.6 Å². The van der Waals surface area contributed by atoms with Crippen molar-refractivity contribution in [3.63, 3.8) is 0 Å². The number of primary amides is 1. The lowest BCUT2D eigenvalue weighted by Crippen LogP contribution is -2.57. The highest BCUT2D eigenvalue weighted by molar-refractivity contribution is 5.96. The molecule has 0 spiro atoms. The van der Waals surface area contributed by atoms with E-state index < -0.39 is 72.6 Å². The fraction of sp³-hybridized carbons (Fsp3) is 0.625. The molecular weight excluding hydrogens is 390 g/mol. The first kappa shape index (κ1) is 23.8. The van der Waals surface area contributed by atoms with Crippen LogP contribution < -0.4 is 22.1 Å². The first-order valence-electron chi connectivity index (χ1n) is 8.83. The van der Waals surface area contributed by atoms with Gasteiger partial charge in [-0.1, -0.05) is 0 Å². The quantitative estimate of drug-likeness (QED) is 0.210. The first-order chi connectivity index (χ1) is 13.4. The summed E-state index contributed by atoms with van der Waals surface area (Å²) in [6, 6.07) is -5.08. The smallest absolute Gasteiger partial charge is 0.325 e. The Morgan fingerprint density at radius 2 is 1.72 bits per heavy atom. The Balaban J connectivity index is 2.92. The molecule has 1 aliphatic heterocycles. The van der Waals surface area contributed by atoms with E-state index in [1.54, 1.807) is 0 Å². The number of carboxylic acids is 2. The van der Waals surface area contributed by atoms with E-state index >= 15 is 0 Å².